The fourth-order valence-corrected chi connectivity index (χ4v) is 2.97. The van der Waals surface area contributed by atoms with Crippen LogP contribution < -0.4 is 5.32 Å². The maximum Gasteiger partial charge on any atom is 0.416 e. The smallest absolute Gasteiger partial charge is 0.313 e. The minimum absolute atomic E-state index is 0.120. The molecule has 1 aromatic rings. The van der Waals surface area contributed by atoms with E-state index in [2.05, 4.69) is 5.32 Å². The maximum absolute atomic E-state index is 13.9. The molecule has 1 nitrogen and oxygen atoms in total. The molecule has 1 atom stereocenters. The zero-order valence-corrected chi connectivity index (χ0v) is 11.4. The van der Waals surface area contributed by atoms with Crippen LogP contribution in [-0.2, 0) is 6.18 Å². The third-order valence-electron chi connectivity index (χ3n) is 4.09. The summed E-state index contributed by atoms with van der Waals surface area (Å²) in [6.07, 6.45) is 0.735. The van der Waals surface area contributed by atoms with E-state index in [1.807, 2.05) is 0 Å². The molecule has 1 unspecified atom stereocenters. The lowest BCUT2D eigenvalue weighted by atomic mass is 9.92. The van der Waals surface area contributed by atoms with Crippen LogP contribution in [0.2, 0.25) is 0 Å². The molecule has 1 aliphatic carbocycles. The van der Waals surface area contributed by atoms with Crippen molar-refractivity contribution in [1.82, 2.24) is 5.32 Å². The Morgan fingerprint density at radius 1 is 1.25 bits per heavy atom. The Balaban J connectivity index is 2.23. The van der Waals surface area contributed by atoms with Crippen LogP contribution in [0.4, 0.5) is 17.6 Å². The topological polar surface area (TPSA) is 12.0 Å². The SMILES string of the molecule is CNC(CC1CCCC1)c1cc(C(F)(F)F)ccc1F. The van der Waals surface area contributed by atoms with Crippen molar-refractivity contribution < 1.29 is 17.6 Å². The summed E-state index contributed by atoms with van der Waals surface area (Å²) in [5, 5.41) is 2.96. The summed E-state index contributed by atoms with van der Waals surface area (Å²) in [6, 6.07) is 2.28. The average molecular weight is 289 g/mol. The lowest BCUT2D eigenvalue weighted by molar-refractivity contribution is -0.137. The Labute approximate surface area is 116 Å². The molecule has 1 saturated carbocycles. The molecule has 0 bridgehead atoms. The number of hydrogen-bond acceptors (Lipinski definition) is 1. The predicted octanol–water partition coefficient (Wildman–Crippen LogP) is 4.69. The van der Waals surface area contributed by atoms with Crippen LogP contribution in [0.3, 0.4) is 0 Å². The van der Waals surface area contributed by atoms with E-state index < -0.39 is 17.6 Å². The van der Waals surface area contributed by atoms with Gasteiger partial charge in [-0.2, -0.15) is 13.2 Å². The third kappa shape index (κ3) is 3.51. The molecular weight excluding hydrogens is 270 g/mol. The van der Waals surface area contributed by atoms with Crippen molar-refractivity contribution in [2.75, 3.05) is 7.05 Å². The van der Waals surface area contributed by atoms with Crippen LogP contribution >= 0.6 is 0 Å². The Morgan fingerprint density at radius 3 is 2.45 bits per heavy atom. The van der Waals surface area contributed by atoms with Gasteiger partial charge < -0.3 is 5.32 Å². The molecule has 1 N–H and O–H groups in total. The number of hydrogen-bond donors (Lipinski definition) is 1. The zero-order valence-electron chi connectivity index (χ0n) is 11.4. The Kier molecular flexibility index (Phi) is 4.68. The normalized spacial score (nSPS) is 18.4. The van der Waals surface area contributed by atoms with Crippen LogP contribution in [-0.4, -0.2) is 7.05 Å². The first kappa shape index (κ1) is 15.3. The van der Waals surface area contributed by atoms with Gasteiger partial charge in [-0.15, -0.1) is 0 Å². The van der Waals surface area contributed by atoms with Crippen LogP contribution in [0, 0.1) is 11.7 Å². The van der Waals surface area contributed by atoms with Gasteiger partial charge in [-0.3, -0.25) is 0 Å². The molecule has 0 heterocycles. The molecule has 0 aliphatic heterocycles. The van der Waals surface area contributed by atoms with E-state index >= 15 is 0 Å². The standard InChI is InChI=1S/C15H19F4N/c1-20-14(8-10-4-2-3-5-10)12-9-11(15(17,18)19)6-7-13(12)16/h6-7,9-10,14,20H,2-5,8H2,1H3. The molecule has 1 fully saturated rings. The van der Waals surface area contributed by atoms with E-state index in [0.717, 1.165) is 43.9 Å². The molecule has 0 spiro atoms. The predicted molar refractivity (Wildman–Crippen MR) is 69.8 cm³/mol. The Hall–Kier alpha value is -1.10. The molecule has 1 aromatic carbocycles. The number of alkyl halides is 3. The minimum atomic E-state index is -4.44. The van der Waals surface area contributed by atoms with Gasteiger partial charge in [-0.05, 0) is 37.6 Å². The minimum Gasteiger partial charge on any atom is -0.313 e. The monoisotopic (exact) mass is 289 g/mol. The molecule has 112 valence electrons. The lowest BCUT2D eigenvalue weighted by Crippen LogP contribution is -2.21. The molecule has 0 radical (unpaired) electrons. The van der Waals surface area contributed by atoms with Gasteiger partial charge >= 0.3 is 6.18 Å². The number of benzene rings is 1. The number of rotatable bonds is 4. The highest BCUT2D eigenvalue weighted by molar-refractivity contribution is 5.29. The molecule has 1 aliphatic rings. The van der Waals surface area contributed by atoms with E-state index in [-0.39, 0.29) is 11.6 Å². The quantitative estimate of drug-likeness (QED) is 0.793. The summed E-state index contributed by atoms with van der Waals surface area (Å²) >= 11 is 0. The second-order valence-electron chi connectivity index (χ2n) is 5.46. The van der Waals surface area contributed by atoms with Crippen LogP contribution in [0.15, 0.2) is 18.2 Å². The number of nitrogens with one attached hydrogen (secondary N) is 1. The van der Waals surface area contributed by atoms with Crippen LogP contribution in [0.1, 0.15) is 49.3 Å². The van der Waals surface area contributed by atoms with Crippen LogP contribution in [0.5, 0.6) is 0 Å². The van der Waals surface area contributed by atoms with Crippen LogP contribution in [0.25, 0.3) is 0 Å². The highest BCUT2D eigenvalue weighted by Crippen LogP contribution is 2.36. The maximum atomic E-state index is 13.9. The molecule has 2 rings (SSSR count). The first-order valence-electron chi connectivity index (χ1n) is 6.95. The summed E-state index contributed by atoms with van der Waals surface area (Å²) in [4.78, 5) is 0. The van der Waals surface area contributed by atoms with E-state index in [9.17, 15) is 17.6 Å². The first-order chi connectivity index (χ1) is 9.41. The van der Waals surface area contributed by atoms with Gasteiger partial charge in [0.1, 0.15) is 5.82 Å². The van der Waals surface area contributed by atoms with Gasteiger partial charge in [0, 0.05) is 11.6 Å². The van der Waals surface area contributed by atoms with Gasteiger partial charge in [0.2, 0.25) is 0 Å². The first-order valence-corrected chi connectivity index (χ1v) is 6.95. The Bertz CT molecular complexity index is 450. The lowest BCUT2D eigenvalue weighted by Gasteiger charge is -2.22. The van der Waals surface area contributed by atoms with Gasteiger partial charge in [-0.25, -0.2) is 4.39 Å². The van der Waals surface area contributed by atoms with Gasteiger partial charge in [0.05, 0.1) is 5.56 Å². The molecule has 0 saturated heterocycles. The molecular formula is C15H19F4N. The van der Waals surface area contributed by atoms with Crippen molar-refractivity contribution in [2.24, 2.45) is 5.92 Å². The highest BCUT2D eigenvalue weighted by Gasteiger charge is 2.32. The highest BCUT2D eigenvalue weighted by atomic mass is 19.4. The number of halogens is 4. The van der Waals surface area contributed by atoms with Gasteiger partial charge in [0.15, 0.2) is 0 Å². The van der Waals surface area contributed by atoms with Crippen molar-refractivity contribution in [1.29, 1.82) is 0 Å². The molecule has 0 amide bonds. The van der Waals surface area contributed by atoms with Crippen molar-refractivity contribution >= 4 is 0 Å². The van der Waals surface area contributed by atoms with Crippen molar-refractivity contribution in [3.05, 3.63) is 35.1 Å². The largest absolute Gasteiger partial charge is 0.416 e. The average Bonchev–Trinajstić information content (AvgIpc) is 2.88. The third-order valence-corrected chi connectivity index (χ3v) is 4.09. The Morgan fingerprint density at radius 2 is 1.90 bits per heavy atom. The fraction of sp³-hybridized carbons (Fsp3) is 0.600. The molecule has 20 heavy (non-hydrogen) atoms. The van der Waals surface area contributed by atoms with E-state index in [1.54, 1.807) is 7.05 Å². The fourth-order valence-electron chi connectivity index (χ4n) is 2.97. The molecule has 0 aromatic heterocycles. The van der Waals surface area contributed by atoms with Gasteiger partial charge in [-0.1, -0.05) is 25.7 Å². The van der Waals surface area contributed by atoms with Crippen molar-refractivity contribution in [3.8, 4) is 0 Å². The van der Waals surface area contributed by atoms with Gasteiger partial charge in [0.25, 0.3) is 0 Å². The zero-order chi connectivity index (χ0) is 14.8. The summed E-state index contributed by atoms with van der Waals surface area (Å²) in [6.45, 7) is 0. The second kappa shape index (κ2) is 6.12. The summed E-state index contributed by atoms with van der Waals surface area (Å²) in [7, 11) is 1.67. The summed E-state index contributed by atoms with van der Waals surface area (Å²) in [5.74, 6) is -0.100. The van der Waals surface area contributed by atoms with Crippen molar-refractivity contribution in [2.45, 2.75) is 44.3 Å². The second-order valence-corrected chi connectivity index (χ2v) is 5.46. The van der Waals surface area contributed by atoms with Crippen molar-refractivity contribution in [3.63, 3.8) is 0 Å². The summed E-state index contributed by atoms with van der Waals surface area (Å²) in [5.41, 5.74) is -0.671. The van der Waals surface area contributed by atoms with E-state index in [4.69, 9.17) is 0 Å². The summed E-state index contributed by atoms with van der Waals surface area (Å²) < 4.78 is 52.0. The van der Waals surface area contributed by atoms with E-state index in [1.165, 1.54) is 0 Å². The molecule has 5 heteroatoms. The van der Waals surface area contributed by atoms with E-state index in [0.29, 0.717) is 12.3 Å².